The average molecular weight is 234 g/mol. The minimum absolute atomic E-state index is 0.870. The number of nitrogen functional groups attached to an aromatic ring is 1. The van der Waals surface area contributed by atoms with Crippen LogP contribution < -0.4 is 21.3 Å². The molecule has 1 aliphatic heterocycles. The predicted octanol–water partition coefficient (Wildman–Crippen LogP) is 0.576. The van der Waals surface area contributed by atoms with Gasteiger partial charge in [0.25, 0.3) is 0 Å². The molecule has 4 heteroatoms. The first kappa shape index (κ1) is 12.2. The third kappa shape index (κ3) is 3.35. The fraction of sp³-hybridized carbons (Fsp3) is 0.538. The van der Waals surface area contributed by atoms with Gasteiger partial charge in [-0.25, -0.2) is 0 Å². The molecule has 0 saturated carbocycles. The van der Waals surface area contributed by atoms with Crippen LogP contribution in [0.4, 0.5) is 11.4 Å². The van der Waals surface area contributed by atoms with Gasteiger partial charge in [-0.1, -0.05) is 0 Å². The Morgan fingerprint density at radius 3 is 2.29 bits per heavy atom. The number of hydrogen-bond donors (Lipinski definition) is 3. The molecule has 94 valence electrons. The summed E-state index contributed by atoms with van der Waals surface area (Å²) in [6.07, 6.45) is 0. The minimum atomic E-state index is 0.870. The van der Waals surface area contributed by atoms with Crippen molar-refractivity contribution in [3.8, 4) is 0 Å². The molecule has 1 aliphatic rings. The third-order valence-electron chi connectivity index (χ3n) is 3.21. The van der Waals surface area contributed by atoms with Crippen molar-refractivity contribution in [2.24, 2.45) is 0 Å². The highest BCUT2D eigenvalue weighted by atomic mass is 15.2. The molecule has 1 aromatic carbocycles. The molecule has 0 unspecified atom stereocenters. The summed E-state index contributed by atoms with van der Waals surface area (Å²) in [6.45, 7) is 8.32. The Morgan fingerprint density at radius 1 is 1.06 bits per heavy atom. The zero-order chi connectivity index (χ0) is 12.1. The Morgan fingerprint density at radius 2 is 1.71 bits per heavy atom. The van der Waals surface area contributed by atoms with E-state index in [4.69, 9.17) is 5.73 Å². The zero-order valence-electron chi connectivity index (χ0n) is 10.5. The van der Waals surface area contributed by atoms with E-state index in [0.29, 0.717) is 0 Å². The fourth-order valence-corrected chi connectivity index (χ4v) is 2.08. The van der Waals surface area contributed by atoms with Crippen LogP contribution in [0.15, 0.2) is 18.2 Å². The van der Waals surface area contributed by atoms with Crippen LogP contribution in [0.25, 0.3) is 0 Å². The molecule has 0 spiro atoms. The molecule has 1 saturated heterocycles. The molecule has 0 aromatic heterocycles. The van der Waals surface area contributed by atoms with Crippen LogP contribution in [0, 0.1) is 6.92 Å². The first-order valence-electron chi connectivity index (χ1n) is 6.30. The van der Waals surface area contributed by atoms with E-state index in [0.717, 1.165) is 50.5 Å². The number of anilines is 2. The number of nitrogens with zero attached hydrogens (tertiary/aromatic N) is 1. The summed E-state index contributed by atoms with van der Waals surface area (Å²) < 4.78 is 0. The van der Waals surface area contributed by atoms with Crippen LogP contribution in [0.3, 0.4) is 0 Å². The molecule has 1 aromatic rings. The Hall–Kier alpha value is -1.26. The summed E-state index contributed by atoms with van der Waals surface area (Å²) in [7, 11) is 0. The zero-order valence-corrected chi connectivity index (χ0v) is 10.5. The Bertz CT molecular complexity index is 354. The van der Waals surface area contributed by atoms with Gasteiger partial charge in [0.15, 0.2) is 0 Å². The maximum absolute atomic E-state index is 5.86. The normalized spacial score (nSPS) is 18.3. The van der Waals surface area contributed by atoms with Gasteiger partial charge in [0.05, 0.1) is 0 Å². The Labute approximate surface area is 103 Å². The molecule has 0 atom stereocenters. The van der Waals surface area contributed by atoms with Crippen LogP contribution >= 0.6 is 0 Å². The lowest BCUT2D eigenvalue weighted by atomic mass is 10.1. The molecule has 17 heavy (non-hydrogen) atoms. The summed E-state index contributed by atoms with van der Waals surface area (Å²) in [6, 6.07) is 6.28. The van der Waals surface area contributed by atoms with E-state index in [2.05, 4.69) is 34.6 Å². The summed E-state index contributed by atoms with van der Waals surface area (Å²) in [5, 5.41) is 6.85. The molecule has 0 aliphatic carbocycles. The standard InChI is InChI=1S/C13H22N4/c1-11-10-12(2-3-13(11)14)17-8-6-15-4-5-16-7-9-17/h2-3,10,15-16H,4-9,14H2,1H3. The van der Waals surface area contributed by atoms with Gasteiger partial charge in [-0.05, 0) is 30.7 Å². The maximum atomic E-state index is 5.86. The minimum Gasteiger partial charge on any atom is -0.399 e. The number of benzene rings is 1. The monoisotopic (exact) mass is 234 g/mol. The van der Waals surface area contributed by atoms with E-state index in [-0.39, 0.29) is 0 Å². The first-order valence-corrected chi connectivity index (χ1v) is 6.30. The molecule has 0 radical (unpaired) electrons. The van der Waals surface area contributed by atoms with Gasteiger partial charge < -0.3 is 21.3 Å². The van der Waals surface area contributed by atoms with Crippen molar-refractivity contribution in [2.75, 3.05) is 49.9 Å². The van der Waals surface area contributed by atoms with Crippen LogP contribution in [0.2, 0.25) is 0 Å². The Balaban J connectivity index is 2.09. The highest BCUT2D eigenvalue weighted by Gasteiger charge is 2.08. The lowest BCUT2D eigenvalue weighted by Crippen LogP contribution is -2.34. The van der Waals surface area contributed by atoms with Crippen molar-refractivity contribution in [3.05, 3.63) is 23.8 Å². The van der Waals surface area contributed by atoms with Gasteiger partial charge >= 0.3 is 0 Å². The van der Waals surface area contributed by atoms with E-state index < -0.39 is 0 Å². The third-order valence-corrected chi connectivity index (χ3v) is 3.21. The van der Waals surface area contributed by atoms with E-state index >= 15 is 0 Å². The van der Waals surface area contributed by atoms with Crippen LogP contribution in [0.1, 0.15) is 5.56 Å². The van der Waals surface area contributed by atoms with E-state index in [9.17, 15) is 0 Å². The SMILES string of the molecule is Cc1cc(N2CCNCCNCC2)ccc1N. The van der Waals surface area contributed by atoms with Crippen LogP contribution in [0.5, 0.6) is 0 Å². The van der Waals surface area contributed by atoms with Gasteiger partial charge in [-0.3, -0.25) is 0 Å². The molecular weight excluding hydrogens is 212 g/mol. The fourth-order valence-electron chi connectivity index (χ4n) is 2.08. The summed E-state index contributed by atoms with van der Waals surface area (Å²) >= 11 is 0. The van der Waals surface area contributed by atoms with Crippen LogP contribution in [-0.2, 0) is 0 Å². The predicted molar refractivity (Wildman–Crippen MR) is 73.5 cm³/mol. The second-order valence-electron chi connectivity index (χ2n) is 4.53. The summed E-state index contributed by atoms with van der Waals surface area (Å²) in [5.41, 5.74) is 9.15. The topological polar surface area (TPSA) is 53.3 Å². The van der Waals surface area contributed by atoms with E-state index in [1.807, 2.05) is 6.07 Å². The largest absolute Gasteiger partial charge is 0.399 e. The average Bonchev–Trinajstić information content (AvgIpc) is 2.46. The lowest BCUT2D eigenvalue weighted by Gasteiger charge is -2.24. The van der Waals surface area contributed by atoms with Gasteiger partial charge in [-0.15, -0.1) is 0 Å². The highest BCUT2D eigenvalue weighted by molar-refractivity contribution is 5.58. The first-order chi connectivity index (χ1) is 8.27. The number of aryl methyl sites for hydroxylation is 1. The Kier molecular flexibility index (Phi) is 4.23. The number of nitrogens with two attached hydrogens (primary N) is 1. The van der Waals surface area contributed by atoms with Gasteiger partial charge in [0.1, 0.15) is 0 Å². The molecule has 1 heterocycles. The van der Waals surface area contributed by atoms with Crippen molar-refractivity contribution >= 4 is 11.4 Å². The van der Waals surface area contributed by atoms with E-state index in [1.54, 1.807) is 0 Å². The smallest absolute Gasteiger partial charge is 0.0371 e. The van der Waals surface area contributed by atoms with Gasteiger partial charge in [-0.2, -0.15) is 0 Å². The summed E-state index contributed by atoms with van der Waals surface area (Å²) in [5.74, 6) is 0. The molecule has 0 amide bonds. The van der Waals surface area contributed by atoms with Crippen LogP contribution in [-0.4, -0.2) is 39.3 Å². The lowest BCUT2D eigenvalue weighted by molar-refractivity contribution is 0.652. The summed E-state index contributed by atoms with van der Waals surface area (Å²) in [4.78, 5) is 2.40. The van der Waals surface area contributed by atoms with Crippen molar-refractivity contribution in [1.82, 2.24) is 10.6 Å². The molecule has 4 N–H and O–H groups in total. The molecular formula is C13H22N4. The van der Waals surface area contributed by atoms with Gasteiger partial charge in [0.2, 0.25) is 0 Å². The number of hydrogen-bond acceptors (Lipinski definition) is 4. The van der Waals surface area contributed by atoms with Gasteiger partial charge in [0, 0.05) is 50.6 Å². The number of nitrogens with one attached hydrogen (secondary N) is 2. The quantitative estimate of drug-likeness (QED) is 0.622. The molecule has 4 nitrogen and oxygen atoms in total. The number of rotatable bonds is 1. The van der Waals surface area contributed by atoms with Crippen molar-refractivity contribution < 1.29 is 0 Å². The second kappa shape index (κ2) is 5.89. The molecule has 0 bridgehead atoms. The molecule has 2 rings (SSSR count). The van der Waals surface area contributed by atoms with Crippen molar-refractivity contribution in [3.63, 3.8) is 0 Å². The van der Waals surface area contributed by atoms with Crippen molar-refractivity contribution in [2.45, 2.75) is 6.92 Å². The highest BCUT2D eigenvalue weighted by Crippen LogP contribution is 2.20. The second-order valence-corrected chi connectivity index (χ2v) is 4.53. The maximum Gasteiger partial charge on any atom is 0.0371 e. The molecule has 1 fully saturated rings. The van der Waals surface area contributed by atoms with E-state index in [1.165, 1.54) is 5.69 Å². The van der Waals surface area contributed by atoms with Crippen molar-refractivity contribution in [1.29, 1.82) is 0 Å².